The highest BCUT2D eigenvalue weighted by Gasteiger charge is 2.08. The summed E-state index contributed by atoms with van der Waals surface area (Å²) in [6.45, 7) is 0. The summed E-state index contributed by atoms with van der Waals surface area (Å²) < 4.78 is 10.6. The molecule has 0 unspecified atom stereocenters. The van der Waals surface area contributed by atoms with Crippen LogP contribution in [-0.2, 0) is 0 Å². The Labute approximate surface area is 145 Å². The minimum atomic E-state index is -0.274. The average molecular weight is 334 g/mol. The fourth-order valence-corrected chi connectivity index (χ4v) is 2.57. The predicted molar refractivity (Wildman–Crippen MR) is 98.6 cm³/mol. The van der Waals surface area contributed by atoms with Gasteiger partial charge < -0.3 is 9.47 Å². The molecule has 5 heteroatoms. The number of ether oxygens (including phenoxy) is 2. The van der Waals surface area contributed by atoms with E-state index < -0.39 is 0 Å². The van der Waals surface area contributed by atoms with Crippen molar-refractivity contribution in [2.24, 2.45) is 5.10 Å². The summed E-state index contributed by atoms with van der Waals surface area (Å²) in [4.78, 5) is 12.3. The van der Waals surface area contributed by atoms with Crippen LogP contribution < -0.4 is 14.9 Å². The Morgan fingerprint density at radius 1 is 0.960 bits per heavy atom. The molecule has 0 aliphatic carbocycles. The van der Waals surface area contributed by atoms with Gasteiger partial charge >= 0.3 is 0 Å². The summed E-state index contributed by atoms with van der Waals surface area (Å²) in [5.41, 5.74) is 3.79. The zero-order valence-electron chi connectivity index (χ0n) is 14.0. The van der Waals surface area contributed by atoms with Gasteiger partial charge in [-0.15, -0.1) is 0 Å². The lowest BCUT2D eigenvalue weighted by atomic mass is 10.1. The van der Waals surface area contributed by atoms with Crippen molar-refractivity contribution in [3.05, 3.63) is 71.8 Å². The molecule has 25 heavy (non-hydrogen) atoms. The Morgan fingerprint density at radius 2 is 1.76 bits per heavy atom. The highest BCUT2D eigenvalue weighted by Crippen LogP contribution is 2.29. The number of rotatable bonds is 5. The number of carbonyl (C=O) groups excluding carboxylic acids is 1. The molecule has 1 N–H and O–H groups in total. The molecule has 3 rings (SSSR count). The number of para-hydroxylation sites is 1. The lowest BCUT2D eigenvalue weighted by Gasteiger charge is -2.09. The van der Waals surface area contributed by atoms with E-state index in [2.05, 4.69) is 10.5 Å². The first-order chi connectivity index (χ1) is 12.2. The van der Waals surface area contributed by atoms with Crippen LogP contribution in [0.4, 0.5) is 0 Å². The van der Waals surface area contributed by atoms with E-state index in [1.807, 2.05) is 48.5 Å². The van der Waals surface area contributed by atoms with E-state index in [-0.39, 0.29) is 5.91 Å². The van der Waals surface area contributed by atoms with Gasteiger partial charge in [-0.05, 0) is 35.0 Å². The molecule has 0 radical (unpaired) electrons. The largest absolute Gasteiger partial charge is 0.493 e. The summed E-state index contributed by atoms with van der Waals surface area (Å²) >= 11 is 0. The number of fused-ring (bicyclic) bond motifs is 1. The topological polar surface area (TPSA) is 59.9 Å². The number of nitrogens with zero attached hydrogens (tertiary/aromatic N) is 1. The van der Waals surface area contributed by atoms with Gasteiger partial charge in [-0.1, -0.05) is 36.4 Å². The lowest BCUT2D eigenvalue weighted by Crippen LogP contribution is -2.17. The molecule has 0 heterocycles. The maximum absolute atomic E-state index is 12.3. The minimum absolute atomic E-state index is 0.274. The minimum Gasteiger partial charge on any atom is -0.493 e. The van der Waals surface area contributed by atoms with Gasteiger partial charge in [0.15, 0.2) is 11.5 Å². The highest BCUT2D eigenvalue weighted by atomic mass is 16.5. The number of amides is 1. The van der Waals surface area contributed by atoms with E-state index in [0.717, 1.165) is 10.8 Å². The number of hydrogen-bond acceptors (Lipinski definition) is 4. The van der Waals surface area contributed by atoms with Crippen molar-refractivity contribution in [2.45, 2.75) is 0 Å². The molecule has 0 aliphatic rings. The molecule has 0 fully saturated rings. The van der Waals surface area contributed by atoms with Crippen molar-refractivity contribution in [3.63, 3.8) is 0 Å². The van der Waals surface area contributed by atoms with Crippen molar-refractivity contribution in [1.29, 1.82) is 0 Å². The van der Waals surface area contributed by atoms with Crippen LogP contribution in [0.2, 0.25) is 0 Å². The van der Waals surface area contributed by atoms with E-state index >= 15 is 0 Å². The Hall–Kier alpha value is -3.34. The smallest absolute Gasteiger partial charge is 0.271 e. The van der Waals surface area contributed by atoms with Crippen LogP contribution >= 0.6 is 0 Å². The fraction of sp³-hybridized carbons (Fsp3) is 0.100. The second-order valence-electron chi connectivity index (χ2n) is 5.34. The Balaban J connectivity index is 1.76. The molecule has 0 spiro atoms. The number of hydrazone groups is 1. The van der Waals surface area contributed by atoms with E-state index in [9.17, 15) is 4.79 Å². The highest BCUT2D eigenvalue weighted by molar-refractivity contribution is 5.99. The first-order valence-corrected chi connectivity index (χ1v) is 7.76. The van der Waals surface area contributed by atoms with Gasteiger partial charge in [0.1, 0.15) is 0 Å². The standard InChI is InChI=1S/C20H18N2O3/c1-24-18-9-5-8-17(19(18)25-2)13-21-22-20(23)16-11-10-14-6-3-4-7-15(14)12-16/h3-13H,1-2H3,(H,22,23). The molecule has 126 valence electrons. The summed E-state index contributed by atoms with van der Waals surface area (Å²) in [7, 11) is 3.13. The zero-order valence-corrected chi connectivity index (χ0v) is 14.0. The van der Waals surface area contributed by atoms with E-state index in [1.165, 1.54) is 6.21 Å². The summed E-state index contributed by atoms with van der Waals surface area (Å²) in [6, 6.07) is 18.9. The predicted octanol–water partition coefficient (Wildman–Crippen LogP) is 3.62. The third-order valence-corrected chi connectivity index (χ3v) is 3.81. The van der Waals surface area contributed by atoms with Crippen LogP contribution in [0.3, 0.4) is 0 Å². The molecule has 0 saturated carbocycles. The van der Waals surface area contributed by atoms with Crippen molar-refractivity contribution in [2.75, 3.05) is 14.2 Å². The zero-order chi connectivity index (χ0) is 17.6. The van der Waals surface area contributed by atoms with Crippen molar-refractivity contribution >= 4 is 22.9 Å². The third kappa shape index (κ3) is 3.61. The summed E-state index contributed by atoms with van der Waals surface area (Å²) in [6.07, 6.45) is 1.53. The van der Waals surface area contributed by atoms with Gasteiger partial charge in [0.2, 0.25) is 0 Å². The van der Waals surface area contributed by atoms with Gasteiger partial charge in [0.25, 0.3) is 5.91 Å². The van der Waals surface area contributed by atoms with E-state index in [4.69, 9.17) is 9.47 Å². The molecule has 0 bridgehead atoms. The molecule has 3 aromatic carbocycles. The lowest BCUT2D eigenvalue weighted by molar-refractivity contribution is 0.0955. The first-order valence-electron chi connectivity index (χ1n) is 7.76. The van der Waals surface area contributed by atoms with Gasteiger partial charge in [-0.25, -0.2) is 5.43 Å². The van der Waals surface area contributed by atoms with E-state index in [1.54, 1.807) is 26.4 Å². The fourth-order valence-electron chi connectivity index (χ4n) is 2.57. The molecule has 0 atom stereocenters. The molecule has 0 aromatic heterocycles. The second-order valence-corrected chi connectivity index (χ2v) is 5.34. The molecular weight excluding hydrogens is 316 g/mol. The Kier molecular flexibility index (Phi) is 4.95. The maximum Gasteiger partial charge on any atom is 0.271 e. The summed E-state index contributed by atoms with van der Waals surface area (Å²) in [5.74, 6) is 0.893. The quantitative estimate of drug-likeness (QED) is 0.573. The number of carbonyl (C=O) groups is 1. The first kappa shape index (κ1) is 16.5. The average Bonchev–Trinajstić information content (AvgIpc) is 2.67. The van der Waals surface area contributed by atoms with Gasteiger partial charge in [-0.2, -0.15) is 5.10 Å². The number of benzene rings is 3. The number of hydrogen-bond donors (Lipinski definition) is 1. The van der Waals surface area contributed by atoms with E-state index in [0.29, 0.717) is 22.6 Å². The molecule has 1 amide bonds. The molecule has 5 nitrogen and oxygen atoms in total. The summed E-state index contributed by atoms with van der Waals surface area (Å²) in [5, 5.41) is 6.12. The molecule has 0 saturated heterocycles. The van der Waals surface area contributed by atoms with Crippen LogP contribution in [-0.4, -0.2) is 26.3 Å². The SMILES string of the molecule is COc1cccc(C=NNC(=O)c2ccc3ccccc3c2)c1OC. The Bertz CT molecular complexity index is 935. The second kappa shape index (κ2) is 7.49. The molecule has 0 aliphatic heterocycles. The normalized spacial score (nSPS) is 10.8. The van der Waals surface area contributed by atoms with Crippen LogP contribution in [0.5, 0.6) is 11.5 Å². The third-order valence-electron chi connectivity index (χ3n) is 3.81. The van der Waals surface area contributed by atoms with Crippen LogP contribution in [0.1, 0.15) is 15.9 Å². The van der Waals surface area contributed by atoms with Crippen molar-refractivity contribution in [3.8, 4) is 11.5 Å². The van der Waals surface area contributed by atoms with Gasteiger partial charge in [0, 0.05) is 11.1 Å². The number of methoxy groups -OCH3 is 2. The Morgan fingerprint density at radius 3 is 2.52 bits per heavy atom. The van der Waals surface area contributed by atoms with Gasteiger partial charge in [-0.3, -0.25) is 4.79 Å². The van der Waals surface area contributed by atoms with Crippen LogP contribution in [0.15, 0.2) is 65.8 Å². The number of nitrogens with one attached hydrogen (secondary N) is 1. The van der Waals surface area contributed by atoms with Crippen molar-refractivity contribution in [1.82, 2.24) is 5.43 Å². The van der Waals surface area contributed by atoms with Crippen LogP contribution in [0, 0.1) is 0 Å². The van der Waals surface area contributed by atoms with Crippen molar-refractivity contribution < 1.29 is 14.3 Å². The monoisotopic (exact) mass is 334 g/mol. The molecule has 3 aromatic rings. The van der Waals surface area contributed by atoms with Gasteiger partial charge in [0.05, 0.1) is 20.4 Å². The molecular formula is C20H18N2O3. The maximum atomic E-state index is 12.3. The van der Waals surface area contributed by atoms with Crippen LogP contribution in [0.25, 0.3) is 10.8 Å².